The van der Waals surface area contributed by atoms with E-state index < -0.39 is 11.8 Å². The van der Waals surface area contributed by atoms with Crippen molar-refractivity contribution >= 4 is 22.7 Å². The lowest BCUT2D eigenvalue weighted by molar-refractivity contribution is -0.138. The molecule has 1 aromatic carbocycles. The van der Waals surface area contributed by atoms with Crippen LogP contribution in [0.4, 0.5) is 0 Å². The molecule has 0 aliphatic rings. The summed E-state index contributed by atoms with van der Waals surface area (Å²) in [5.74, 6) is -1.40. The van der Waals surface area contributed by atoms with Crippen LogP contribution in [0.15, 0.2) is 30.5 Å². The first-order valence-electron chi connectivity index (χ1n) is 5.51. The minimum Gasteiger partial charge on any atom is -0.460 e. The van der Waals surface area contributed by atoms with Gasteiger partial charge in [-0.05, 0) is 12.5 Å². The number of hydrogen-bond donors (Lipinski definition) is 1. The van der Waals surface area contributed by atoms with Gasteiger partial charge >= 0.3 is 5.97 Å². The highest BCUT2D eigenvalue weighted by atomic mass is 16.5. The first kappa shape index (κ1) is 11.4. The van der Waals surface area contributed by atoms with Crippen molar-refractivity contribution in [3.8, 4) is 0 Å². The molecule has 0 aliphatic carbocycles. The molecule has 0 spiro atoms. The number of ketones is 1. The van der Waals surface area contributed by atoms with Gasteiger partial charge in [-0.1, -0.05) is 25.1 Å². The van der Waals surface area contributed by atoms with E-state index in [1.54, 1.807) is 12.3 Å². The lowest BCUT2D eigenvalue weighted by atomic mass is 10.1. The molecule has 0 saturated carbocycles. The van der Waals surface area contributed by atoms with Crippen LogP contribution in [0, 0.1) is 0 Å². The van der Waals surface area contributed by atoms with Crippen molar-refractivity contribution in [3.63, 3.8) is 0 Å². The fourth-order valence-electron chi connectivity index (χ4n) is 1.63. The molecule has 0 bridgehead atoms. The molecular weight excluding hydrogens is 218 g/mol. The van der Waals surface area contributed by atoms with Crippen molar-refractivity contribution in [3.05, 3.63) is 36.0 Å². The van der Waals surface area contributed by atoms with Gasteiger partial charge in [0.05, 0.1) is 12.2 Å². The van der Waals surface area contributed by atoms with Crippen LogP contribution in [-0.4, -0.2) is 23.3 Å². The van der Waals surface area contributed by atoms with Crippen molar-refractivity contribution in [1.82, 2.24) is 4.98 Å². The highest BCUT2D eigenvalue weighted by Crippen LogP contribution is 2.18. The maximum absolute atomic E-state index is 11.8. The number of esters is 1. The van der Waals surface area contributed by atoms with Crippen LogP contribution in [0.1, 0.15) is 23.7 Å². The van der Waals surface area contributed by atoms with Crippen LogP contribution in [0.25, 0.3) is 10.9 Å². The number of aromatic amines is 1. The van der Waals surface area contributed by atoms with Gasteiger partial charge < -0.3 is 9.72 Å². The Kier molecular flexibility index (Phi) is 3.23. The van der Waals surface area contributed by atoms with E-state index in [0.717, 1.165) is 10.9 Å². The minimum atomic E-state index is -0.795. The first-order chi connectivity index (χ1) is 8.24. The molecule has 0 unspecified atom stereocenters. The molecule has 0 radical (unpaired) electrons. The van der Waals surface area contributed by atoms with E-state index >= 15 is 0 Å². The molecule has 88 valence electrons. The number of benzene rings is 1. The molecule has 1 heterocycles. The second-order valence-electron chi connectivity index (χ2n) is 3.71. The molecule has 1 N–H and O–H groups in total. The Morgan fingerprint density at radius 3 is 2.82 bits per heavy atom. The number of nitrogens with one attached hydrogen (secondary N) is 1. The second-order valence-corrected chi connectivity index (χ2v) is 3.71. The molecule has 0 amide bonds. The molecule has 4 heteroatoms. The van der Waals surface area contributed by atoms with E-state index in [2.05, 4.69) is 4.98 Å². The largest absolute Gasteiger partial charge is 0.460 e. The van der Waals surface area contributed by atoms with Gasteiger partial charge in [0, 0.05) is 17.1 Å². The minimum absolute atomic E-state index is 0.271. The number of rotatable bonds is 4. The number of fused-ring (bicyclic) bond motifs is 1. The van der Waals surface area contributed by atoms with Gasteiger partial charge in [0.2, 0.25) is 0 Å². The number of ether oxygens (including phenoxy) is 1. The third-order valence-corrected chi connectivity index (χ3v) is 2.46. The summed E-state index contributed by atoms with van der Waals surface area (Å²) in [7, 11) is 0. The van der Waals surface area contributed by atoms with E-state index in [9.17, 15) is 9.59 Å². The Labute approximate surface area is 98.6 Å². The van der Waals surface area contributed by atoms with Gasteiger partial charge in [-0.25, -0.2) is 4.79 Å². The maximum Gasteiger partial charge on any atom is 0.379 e. The summed E-state index contributed by atoms with van der Waals surface area (Å²) in [6, 6.07) is 7.34. The molecule has 0 fully saturated rings. The fourth-order valence-corrected chi connectivity index (χ4v) is 1.63. The summed E-state index contributed by atoms with van der Waals surface area (Å²) < 4.78 is 4.82. The number of carbonyl (C=O) groups is 2. The quantitative estimate of drug-likeness (QED) is 0.499. The average molecular weight is 231 g/mol. The summed E-state index contributed by atoms with van der Waals surface area (Å²) >= 11 is 0. The van der Waals surface area contributed by atoms with Crippen molar-refractivity contribution < 1.29 is 14.3 Å². The van der Waals surface area contributed by atoms with Gasteiger partial charge in [-0.2, -0.15) is 0 Å². The molecule has 2 rings (SSSR count). The topological polar surface area (TPSA) is 59.2 Å². The SMILES string of the molecule is CCCOC(=O)C(=O)c1c[nH]c2ccccc12. The predicted octanol–water partition coefficient (Wildman–Crippen LogP) is 2.30. The monoisotopic (exact) mass is 231 g/mol. The van der Waals surface area contributed by atoms with Gasteiger partial charge in [0.15, 0.2) is 0 Å². The number of H-pyrrole nitrogens is 1. The molecular formula is C13H13NO3. The van der Waals surface area contributed by atoms with Gasteiger partial charge in [0.1, 0.15) is 0 Å². The number of para-hydroxylation sites is 1. The highest BCUT2D eigenvalue weighted by Gasteiger charge is 2.20. The lowest BCUT2D eigenvalue weighted by Gasteiger charge is -2.00. The molecule has 0 atom stereocenters. The normalized spacial score (nSPS) is 10.4. The van der Waals surface area contributed by atoms with Crippen molar-refractivity contribution in [2.45, 2.75) is 13.3 Å². The van der Waals surface area contributed by atoms with Gasteiger partial charge in [-0.15, -0.1) is 0 Å². The number of Topliss-reactive ketones (excluding diaryl/α,β-unsaturated/α-hetero) is 1. The Balaban J connectivity index is 2.28. The van der Waals surface area contributed by atoms with Crippen molar-refractivity contribution in [2.75, 3.05) is 6.61 Å². The summed E-state index contributed by atoms with van der Waals surface area (Å²) in [5.41, 5.74) is 1.20. The van der Waals surface area contributed by atoms with Crippen LogP contribution in [0.5, 0.6) is 0 Å². The Bertz CT molecular complexity index is 557. The Hall–Kier alpha value is -2.10. The van der Waals surface area contributed by atoms with E-state index in [1.807, 2.05) is 25.1 Å². The lowest BCUT2D eigenvalue weighted by Crippen LogP contribution is -2.17. The van der Waals surface area contributed by atoms with Crippen LogP contribution >= 0.6 is 0 Å². The molecule has 4 nitrogen and oxygen atoms in total. The maximum atomic E-state index is 11.8. The number of carbonyl (C=O) groups excluding carboxylic acids is 2. The van der Waals surface area contributed by atoms with Crippen molar-refractivity contribution in [1.29, 1.82) is 0 Å². The van der Waals surface area contributed by atoms with Crippen molar-refractivity contribution in [2.24, 2.45) is 0 Å². The van der Waals surface area contributed by atoms with E-state index in [4.69, 9.17) is 4.74 Å². The zero-order valence-electron chi connectivity index (χ0n) is 9.53. The predicted molar refractivity (Wildman–Crippen MR) is 63.9 cm³/mol. The van der Waals surface area contributed by atoms with E-state index in [0.29, 0.717) is 12.0 Å². The van der Waals surface area contributed by atoms with Crippen LogP contribution in [-0.2, 0) is 9.53 Å². The molecule has 17 heavy (non-hydrogen) atoms. The van der Waals surface area contributed by atoms with Crippen LogP contribution in [0.2, 0.25) is 0 Å². The van der Waals surface area contributed by atoms with Gasteiger partial charge in [0.25, 0.3) is 5.78 Å². The summed E-state index contributed by atoms with van der Waals surface area (Å²) in [5, 5.41) is 0.742. The third kappa shape index (κ3) is 2.20. The Morgan fingerprint density at radius 2 is 2.06 bits per heavy atom. The molecule has 2 aromatic rings. The van der Waals surface area contributed by atoms with E-state index in [1.165, 1.54) is 0 Å². The third-order valence-electron chi connectivity index (χ3n) is 2.46. The Morgan fingerprint density at radius 1 is 1.29 bits per heavy atom. The average Bonchev–Trinajstić information content (AvgIpc) is 2.78. The molecule has 0 saturated heterocycles. The number of hydrogen-bond acceptors (Lipinski definition) is 3. The molecule has 0 aliphatic heterocycles. The smallest absolute Gasteiger partial charge is 0.379 e. The second kappa shape index (κ2) is 4.82. The van der Waals surface area contributed by atoms with Crippen LogP contribution < -0.4 is 0 Å². The summed E-state index contributed by atoms with van der Waals surface area (Å²) in [6.45, 7) is 2.15. The summed E-state index contributed by atoms with van der Waals surface area (Å²) in [6.07, 6.45) is 2.24. The fraction of sp³-hybridized carbons (Fsp3) is 0.231. The molecule has 1 aromatic heterocycles. The zero-order valence-corrected chi connectivity index (χ0v) is 9.53. The number of aromatic nitrogens is 1. The summed E-state index contributed by atoms with van der Waals surface area (Å²) in [4.78, 5) is 26.2. The first-order valence-corrected chi connectivity index (χ1v) is 5.51. The standard InChI is InChI=1S/C13H13NO3/c1-2-7-17-13(16)12(15)10-8-14-11-6-4-3-5-9(10)11/h3-6,8,14H,2,7H2,1H3. The highest BCUT2D eigenvalue weighted by molar-refractivity contribution is 6.42. The van der Waals surface area contributed by atoms with Gasteiger partial charge in [-0.3, -0.25) is 4.79 Å². The van der Waals surface area contributed by atoms with E-state index in [-0.39, 0.29) is 6.61 Å². The zero-order chi connectivity index (χ0) is 12.3. The van der Waals surface area contributed by atoms with Crippen LogP contribution in [0.3, 0.4) is 0 Å².